The maximum absolute atomic E-state index is 12.5. The molecule has 1 N–H and O–H groups in total. The molecule has 1 aliphatic heterocycles. The van der Waals surface area contributed by atoms with Crippen molar-refractivity contribution in [3.8, 4) is 0 Å². The first-order valence-corrected chi connectivity index (χ1v) is 7.81. The van der Waals surface area contributed by atoms with E-state index in [0.717, 1.165) is 51.0 Å². The molecule has 0 bridgehead atoms. The van der Waals surface area contributed by atoms with Crippen LogP contribution in [-0.4, -0.2) is 40.1 Å². The highest BCUT2D eigenvalue weighted by molar-refractivity contribution is 5.79. The standard InChI is InChI=1S/C16H22N4O/c21-16(13-5-2-1-3-6-13)20-11-8-14(9-12-20)18-15-7-4-10-17-19-15/h1-2,4,7,10,13-14H,3,5-6,8-9,11-12H2,(H,18,19). The lowest BCUT2D eigenvalue weighted by molar-refractivity contribution is -0.136. The number of piperidine rings is 1. The van der Waals surface area contributed by atoms with Crippen molar-refractivity contribution < 1.29 is 4.79 Å². The number of likely N-dealkylation sites (tertiary alicyclic amines) is 1. The van der Waals surface area contributed by atoms with E-state index in [-0.39, 0.29) is 5.92 Å². The molecule has 5 heteroatoms. The summed E-state index contributed by atoms with van der Waals surface area (Å²) in [7, 11) is 0. The Labute approximate surface area is 125 Å². The van der Waals surface area contributed by atoms with E-state index in [1.807, 2.05) is 17.0 Å². The predicted octanol–water partition coefficient (Wildman–Crippen LogP) is 2.24. The zero-order valence-electron chi connectivity index (χ0n) is 12.2. The highest BCUT2D eigenvalue weighted by Gasteiger charge is 2.28. The van der Waals surface area contributed by atoms with E-state index in [4.69, 9.17) is 0 Å². The average Bonchev–Trinajstić information content (AvgIpc) is 2.57. The van der Waals surface area contributed by atoms with Crippen LogP contribution in [0.3, 0.4) is 0 Å². The Morgan fingerprint density at radius 3 is 2.76 bits per heavy atom. The molecule has 0 aromatic carbocycles. The van der Waals surface area contributed by atoms with Gasteiger partial charge in [-0.1, -0.05) is 12.2 Å². The van der Waals surface area contributed by atoms with E-state index < -0.39 is 0 Å². The molecular formula is C16H22N4O. The van der Waals surface area contributed by atoms with E-state index in [1.54, 1.807) is 6.20 Å². The SMILES string of the molecule is O=C(C1CC=CCC1)N1CCC(Nc2cccnn2)CC1. The van der Waals surface area contributed by atoms with Crippen molar-refractivity contribution in [2.75, 3.05) is 18.4 Å². The third-order valence-corrected chi connectivity index (χ3v) is 4.35. The molecule has 0 radical (unpaired) electrons. The van der Waals surface area contributed by atoms with Crippen LogP contribution in [0, 0.1) is 5.92 Å². The van der Waals surface area contributed by atoms with Gasteiger partial charge in [-0.2, -0.15) is 5.10 Å². The highest BCUT2D eigenvalue weighted by Crippen LogP contribution is 2.23. The topological polar surface area (TPSA) is 58.1 Å². The van der Waals surface area contributed by atoms with E-state index in [1.165, 1.54) is 0 Å². The van der Waals surface area contributed by atoms with Crippen molar-refractivity contribution >= 4 is 11.7 Å². The summed E-state index contributed by atoms with van der Waals surface area (Å²) in [5, 5.41) is 11.3. The molecule has 112 valence electrons. The van der Waals surface area contributed by atoms with Gasteiger partial charge in [0.2, 0.25) is 5.91 Å². The summed E-state index contributed by atoms with van der Waals surface area (Å²) in [4.78, 5) is 14.5. The van der Waals surface area contributed by atoms with Crippen molar-refractivity contribution in [1.82, 2.24) is 15.1 Å². The van der Waals surface area contributed by atoms with Gasteiger partial charge in [0, 0.05) is 31.2 Å². The number of carbonyl (C=O) groups is 1. The monoisotopic (exact) mass is 286 g/mol. The normalized spacial score (nSPS) is 23.0. The molecule has 21 heavy (non-hydrogen) atoms. The molecule has 1 aromatic heterocycles. The first-order chi connectivity index (χ1) is 10.3. The number of carbonyl (C=O) groups excluding carboxylic acids is 1. The second-order valence-corrected chi connectivity index (χ2v) is 5.83. The van der Waals surface area contributed by atoms with E-state index in [2.05, 4.69) is 27.7 Å². The van der Waals surface area contributed by atoms with Crippen LogP contribution in [0.5, 0.6) is 0 Å². The Kier molecular flexibility index (Phi) is 4.48. The van der Waals surface area contributed by atoms with Gasteiger partial charge in [0.1, 0.15) is 5.82 Å². The number of nitrogens with zero attached hydrogens (tertiary/aromatic N) is 3. The average molecular weight is 286 g/mol. The van der Waals surface area contributed by atoms with E-state index in [0.29, 0.717) is 11.9 Å². The zero-order chi connectivity index (χ0) is 14.5. The fourth-order valence-electron chi connectivity index (χ4n) is 3.11. The minimum Gasteiger partial charge on any atom is -0.366 e. The number of aromatic nitrogens is 2. The summed E-state index contributed by atoms with van der Waals surface area (Å²) in [6, 6.07) is 4.20. The van der Waals surface area contributed by atoms with Gasteiger partial charge in [-0.05, 0) is 44.2 Å². The van der Waals surface area contributed by atoms with Crippen molar-refractivity contribution in [2.45, 2.75) is 38.1 Å². The molecule has 3 rings (SSSR count). The quantitative estimate of drug-likeness (QED) is 0.866. The Bertz CT molecular complexity index is 494. The van der Waals surface area contributed by atoms with Crippen LogP contribution in [0.1, 0.15) is 32.1 Å². The van der Waals surface area contributed by atoms with Crippen molar-refractivity contribution in [3.05, 3.63) is 30.5 Å². The molecule has 0 spiro atoms. The van der Waals surface area contributed by atoms with Gasteiger partial charge < -0.3 is 10.2 Å². The van der Waals surface area contributed by atoms with E-state index in [9.17, 15) is 4.79 Å². The minimum atomic E-state index is 0.208. The number of allylic oxidation sites excluding steroid dienone is 2. The van der Waals surface area contributed by atoms with Gasteiger partial charge in [-0.15, -0.1) is 5.10 Å². The molecule has 1 aromatic rings. The fourth-order valence-corrected chi connectivity index (χ4v) is 3.11. The maximum atomic E-state index is 12.5. The van der Waals surface area contributed by atoms with E-state index >= 15 is 0 Å². The molecule has 1 atom stereocenters. The predicted molar refractivity (Wildman–Crippen MR) is 81.7 cm³/mol. The molecule has 1 fully saturated rings. The van der Waals surface area contributed by atoms with Gasteiger partial charge in [0.25, 0.3) is 0 Å². The summed E-state index contributed by atoms with van der Waals surface area (Å²) in [6.45, 7) is 1.69. The summed E-state index contributed by atoms with van der Waals surface area (Å²) >= 11 is 0. The first kappa shape index (κ1) is 14.0. The first-order valence-electron chi connectivity index (χ1n) is 7.81. The number of rotatable bonds is 3. The second-order valence-electron chi connectivity index (χ2n) is 5.83. The molecule has 1 amide bonds. The third-order valence-electron chi connectivity index (χ3n) is 4.35. The van der Waals surface area contributed by atoms with Gasteiger partial charge in [0.15, 0.2) is 0 Å². The maximum Gasteiger partial charge on any atom is 0.226 e. The summed E-state index contributed by atoms with van der Waals surface area (Å²) in [5.74, 6) is 1.37. The van der Waals surface area contributed by atoms with Crippen molar-refractivity contribution in [1.29, 1.82) is 0 Å². The van der Waals surface area contributed by atoms with Gasteiger partial charge in [-0.3, -0.25) is 4.79 Å². The zero-order valence-corrected chi connectivity index (χ0v) is 12.2. The molecule has 5 nitrogen and oxygen atoms in total. The van der Waals surface area contributed by atoms with Crippen molar-refractivity contribution in [3.63, 3.8) is 0 Å². The molecule has 2 aliphatic rings. The Hall–Kier alpha value is -1.91. The molecule has 1 unspecified atom stereocenters. The van der Waals surface area contributed by atoms with Crippen LogP contribution in [-0.2, 0) is 4.79 Å². The van der Waals surface area contributed by atoms with Gasteiger partial charge in [0.05, 0.1) is 0 Å². The Morgan fingerprint density at radius 2 is 2.10 bits per heavy atom. The Balaban J connectivity index is 1.48. The number of hydrogen-bond donors (Lipinski definition) is 1. The van der Waals surface area contributed by atoms with Crippen LogP contribution in [0.2, 0.25) is 0 Å². The van der Waals surface area contributed by atoms with Gasteiger partial charge in [-0.25, -0.2) is 0 Å². The lowest BCUT2D eigenvalue weighted by Gasteiger charge is -2.35. The molecule has 2 heterocycles. The number of anilines is 1. The van der Waals surface area contributed by atoms with Gasteiger partial charge >= 0.3 is 0 Å². The minimum absolute atomic E-state index is 0.208. The molecule has 1 aliphatic carbocycles. The highest BCUT2D eigenvalue weighted by atomic mass is 16.2. The van der Waals surface area contributed by atoms with Crippen LogP contribution in [0.4, 0.5) is 5.82 Å². The van der Waals surface area contributed by atoms with Crippen LogP contribution in [0.25, 0.3) is 0 Å². The Morgan fingerprint density at radius 1 is 1.24 bits per heavy atom. The van der Waals surface area contributed by atoms with Crippen LogP contribution >= 0.6 is 0 Å². The van der Waals surface area contributed by atoms with Crippen molar-refractivity contribution in [2.24, 2.45) is 5.92 Å². The summed E-state index contributed by atoms with van der Waals surface area (Å²) < 4.78 is 0. The largest absolute Gasteiger partial charge is 0.366 e. The fraction of sp³-hybridized carbons (Fsp3) is 0.562. The lowest BCUT2D eigenvalue weighted by Crippen LogP contribution is -2.45. The number of hydrogen-bond acceptors (Lipinski definition) is 4. The smallest absolute Gasteiger partial charge is 0.226 e. The third kappa shape index (κ3) is 3.60. The van der Waals surface area contributed by atoms with Crippen LogP contribution < -0.4 is 5.32 Å². The molecule has 0 saturated carbocycles. The number of amides is 1. The summed E-state index contributed by atoms with van der Waals surface area (Å²) in [5.41, 5.74) is 0. The molecular weight excluding hydrogens is 264 g/mol. The summed E-state index contributed by atoms with van der Waals surface area (Å²) in [6.07, 6.45) is 10.9. The van der Waals surface area contributed by atoms with Crippen LogP contribution in [0.15, 0.2) is 30.5 Å². The second kappa shape index (κ2) is 6.70. The lowest BCUT2D eigenvalue weighted by atomic mass is 9.92. The molecule has 1 saturated heterocycles. The number of nitrogens with one attached hydrogen (secondary N) is 1.